The Morgan fingerprint density at radius 3 is 2.32 bits per heavy atom. The first kappa shape index (κ1) is 16.3. The van der Waals surface area contributed by atoms with Gasteiger partial charge in [0.25, 0.3) is 0 Å². The van der Waals surface area contributed by atoms with Crippen LogP contribution in [0.2, 0.25) is 0 Å². The Morgan fingerprint density at radius 1 is 1.26 bits per heavy atom. The molecule has 2 atom stereocenters. The van der Waals surface area contributed by atoms with Crippen LogP contribution in [0.3, 0.4) is 0 Å². The molecule has 0 aliphatic heterocycles. The zero-order chi connectivity index (χ0) is 14.6. The van der Waals surface area contributed by atoms with E-state index in [0.29, 0.717) is 6.04 Å². The summed E-state index contributed by atoms with van der Waals surface area (Å²) in [4.78, 5) is 14.4. The third kappa shape index (κ3) is 4.68. The van der Waals surface area contributed by atoms with E-state index in [4.69, 9.17) is 4.74 Å². The van der Waals surface area contributed by atoms with Crippen molar-refractivity contribution >= 4 is 6.09 Å². The normalized spacial score (nSPS) is 24.4. The van der Waals surface area contributed by atoms with Crippen molar-refractivity contribution in [2.75, 3.05) is 7.05 Å². The van der Waals surface area contributed by atoms with Gasteiger partial charge in [0.1, 0.15) is 5.60 Å². The molecule has 0 aromatic carbocycles. The SMILES string of the molecule is CN[C@@H]1CCCC[C@H]1N(C(=O)OC(C)(C)C)C(C)C. The van der Waals surface area contributed by atoms with Crippen molar-refractivity contribution < 1.29 is 9.53 Å². The zero-order valence-electron chi connectivity index (χ0n) is 13.3. The van der Waals surface area contributed by atoms with Gasteiger partial charge in [-0.3, -0.25) is 0 Å². The Bertz CT molecular complexity index is 297. The number of rotatable bonds is 3. The van der Waals surface area contributed by atoms with Crippen LogP contribution in [0.5, 0.6) is 0 Å². The van der Waals surface area contributed by atoms with Gasteiger partial charge in [-0.15, -0.1) is 0 Å². The minimum atomic E-state index is -0.436. The molecule has 19 heavy (non-hydrogen) atoms. The highest BCUT2D eigenvalue weighted by atomic mass is 16.6. The van der Waals surface area contributed by atoms with Gasteiger partial charge in [-0.05, 0) is 54.5 Å². The summed E-state index contributed by atoms with van der Waals surface area (Å²) in [6.07, 6.45) is 4.43. The largest absolute Gasteiger partial charge is 0.444 e. The first-order chi connectivity index (χ1) is 8.76. The minimum Gasteiger partial charge on any atom is -0.444 e. The maximum absolute atomic E-state index is 12.4. The molecule has 0 aromatic heterocycles. The van der Waals surface area contributed by atoms with E-state index in [1.807, 2.05) is 32.7 Å². The monoisotopic (exact) mass is 270 g/mol. The summed E-state index contributed by atoms with van der Waals surface area (Å²) >= 11 is 0. The molecule has 4 nitrogen and oxygen atoms in total. The zero-order valence-corrected chi connectivity index (χ0v) is 13.3. The van der Waals surface area contributed by atoms with Crippen LogP contribution in [0.25, 0.3) is 0 Å². The Labute approximate surface area is 117 Å². The molecular formula is C15H30N2O2. The summed E-state index contributed by atoms with van der Waals surface area (Å²) in [5.41, 5.74) is -0.436. The summed E-state index contributed by atoms with van der Waals surface area (Å²) in [5, 5.41) is 3.36. The van der Waals surface area contributed by atoms with Gasteiger partial charge in [-0.1, -0.05) is 12.8 Å². The summed E-state index contributed by atoms with van der Waals surface area (Å²) in [7, 11) is 1.98. The number of hydrogen-bond acceptors (Lipinski definition) is 3. The van der Waals surface area contributed by atoms with Gasteiger partial charge in [0.05, 0.1) is 6.04 Å². The molecule has 0 spiro atoms. The van der Waals surface area contributed by atoms with E-state index in [0.717, 1.165) is 12.8 Å². The fourth-order valence-corrected chi connectivity index (χ4v) is 2.82. The molecule has 0 aromatic rings. The van der Waals surface area contributed by atoms with Crippen LogP contribution in [-0.2, 0) is 4.74 Å². The third-order valence-corrected chi connectivity index (χ3v) is 3.62. The second-order valence-electron chi connectivity index (χ2n) is 6.73. The molecule has 112 valence electrons. The molecule has 0 radical (unpaired) electrons. The smallest absolute Gasteiger partial charge is 0.410 e. The van der Waals surface area contributed by atoms with Crippen LogP contribution in [0, 0.1) is 0 Å². The number of hydrogen-bond donors (Lipinski definition) is 1. The highest BCUT2D eigenvalue weighted by Crippen LogP contribution is 2.26. The lowest BCUT2D eigenvalue weighted by Gasteiger charge is -2.42. The van der Waals surface area contributed by atoms with Gasteiger partial charge in [-0.25, -0.2) is 4.79 Å². The molecule has 1 amide bonds. The third-order valence-electron chi connectivity index (χ3n) is 3.62. The van der Waals surface area contributed by atoms with Crippen molar-refractivity contribution in [1.82, 2.24) is 10.2 Å². The first-order valence-corrected chi connectivity index (χ1v) is 7.45. The van der Waals surface area contributed by atoms with Crippen LogP contribution in [0.1, 0.15) is 60.3 Å². The molecular weight excluding hydrogens is 240 g/mol. The number of carbonyl (C=O) groups excluding carboxylic acids is 1. The molecule has 1 N–H and O–H groups in total. The molecule has 0 heterocycles. The topological polar surface area (TPSA) is 41.6 Å². The maximum Gasteiger partial charge on any atom is 0.410 e. The van der Waals surface area contributed by atoms with Crippen LogP contribution in [0.4, 0.5) is 4.79 Å². The van der Waals surface area contributed by atoms with Crippen LogP contribution in [0.15, 0.2) is 0 Å². The van der Waals surface area contributed by atoms with Gasteiger partial charge in [0, 0.05) is 12.1 Å². The van der Waals surface area contributed by atoms with Gasteiger partial charge in [0.15, 0.2) is 0 Å². The summed E-state index contributed by atoms with van der Waals surface area (Å²) < 4.78 is 5.57. The van der Waals surface area contributed by atoms with Crippen molar-refractivity contribution in [3.63, 3.8) is 0 Å². The summed E-state index contributed by atoms with van der Waals surface area (Å²) in [6.45, 7) is 9.87. The van der Waals surface area contributed by atoms with E-state index in [1.165, 1.54) is 12.8 Å². The standard InChI is InChI=1S/C15H30N2O2/c1-11(2)17(14(18)19-15(3,4)5)13-10-8-7-9-12(13)16-6/h11-13,16H,7-10H2,1-6H3/t12-,13-/m1/s1. The second kappa shape index (κ2) is 6.60. The molecule has 0 bridgehead atoms. The lowest BCUT2D eigenvalue weighted by atomic mass is 9.89. The molecule has 1 fully saturated rings. The van der Waals surface area contributed by atoms with Crippen LogP contribution >= 0.6 is 0 Å². The number of ether oxygens (including phenoxy) is 1. The second-order valence-corrected chi connectivity index (χ2v) is 6.73. The molecule has 4 heteroatoms. The van der Waals surface area contributed by atoms with E-state index >= 15 is 0 Å². The molecule has 1 rings (SSSR count). The van der Waals surface area contributed by atoms with Gasteiger partial charge in [0.2, 0.25) is 0 Å². The lowest BCUT2D eigenvalue weighted by molar-refractivity contribution is -0.000496. The van der Waals surface area contributed by atoms with E-state index in [9.17, 15) is 4.79 Å². The van der Waals surface area contributed by atoms with E-state index in [1.54, 1.807) is 0 Å². The van der Waals surface area contributed by atoms with Crippen LogP contribution in [-0.4, -0.2) is 41.8 Å². The quantitative estimate of drug-likeness (QED) is 0.856. The number of nitrogens with one attached hydrogen (secondary N) is 1. The van der Waals surface area contributed by atoms with Crippen molar-refractivity contribution in [3.05, 3.63) is 0 Å². The van der Waals surface area contributed by atoms with E-state index in [2.05, 4.69) is 19.2 Å². The van der Waals surface area contributed by atoms with Crippen molar-refractivity contribution in [2.24, 2.45) is 0 Å². The van der Waals surface area contributed by atoms with Gasteiger partial charge < -0.3 is 15.0 Å². The van der Waals surface area contributed by atoms with Gasteiger partial charge in [-0.2, -0.15) is 0 Å². The highest BCUT2D eigenvalue weighted by molar-refractivity contribution is 5.69. The predicted octanol–water partition coefficient (Wildman–Crippen LogP) is 3.16. The average Bonchev–Trinajstić information content (AvgIpc) is 2.26. The Morgan fingerprint density at radius 2 is 1.84 bits per heavy atom. The Balaban J connectivity index is 2.83. The molecule has 0 unspecified atom stereocenters. The lowest BCUT2D eigenvalue weighted by Crippen LogP contribution is -2.56. The van der Waals surface area contributed by atoms with E-state index < -0.39 is 5.60 Å². The molecule has 0 saturated heterocycles. The van der Waals surface area contributed by atoms with Gasteiger partial charge >= 0.3 is 6.09 Å². The number of nitrogens with zero attached hydrogens (tertiary/aromatic N) is 1. The Hall–Kier alpha value is -0.770. The molecule has 1 saturated carbocycles. The fourth-order valence-electron chi connectivity index (χ4n) is 2.82. The number of amides is 1. The Kier molecular flexibility index (Phi) is 5.65. The predicted molar refractivity (Wildman–Crippen MR) is 78.3 cm³/mol. The average molecular weight is 270 g/mol. The minimum absolute atomic E-state index is 0.161. The summed E-state index contributed by atoms with van der Waals surface area (Å²) in [5.74, 6) is 0. The van der Waals surface area contributed by atoms with Crippen molar-refractivity contribution in [3.8, 4) is 0 Å². The van der Waals surface area contributed by atoms with Crippen molar-refractivity contribution in [2.45, 2.75) is 84.0 Å². The van der Waals surface area contributed by atoms with Crippen molar-refractivity contribution in [1.29, 1.82) is 0 Å². The van der Waals surface area contributed by atoms with E-state index in [-0.39, 0.29) is 18.2 Å². The highest BCUT2D eigenvalue weighted by Gasteiger charge is 2.35. The summed E-state index contributed by atoms with van der Waals surface area (Å²) in [6, 6.07) is 0.783. The maximum atomic E-state index is 12.4. The number of likely N-dealkylation sites (N-methyl/N-ethyl adjacent to an activating group) is 1. The fraction of sp³-hybridized carbons (Fsp3) is 0.933. The van der Waals surface area contributed by atoms with Crippen LogP contribution < -0.4 is 5.32 Å². The molecule has 1 aliphatic rings. The first-order valence-electron chi connectivity index (χ1n) is 7.45. The number of carbonyl (C=O) groups is 1. The molecule has 1 aliphatic carbocycles.